The van der Waals surface area contributed by atoms with Crippen LogP contribution in [0.1, 0.15) is 6.42 Å². The van der Waals surface area contributed by atoms with Gasteiger partial charge in [0.05, 0.1) is 18.4 Å². The van der Waals surface area contributed by atoms with Gasteiger partial charge in [-0.2, -0.15) is 5.26 Å². The van der Waals surface area contributed by atoms with E-state index >= 15 is 0 Å². The number of carboxylic acids is 1. The van der Waals surface area contributed by atoms with Gasteiger partial charge in [0.25, 0.3) is 0 Å². The van der Waals surface area contributed by atoms with Crippen molar-refractivity contribution >= 4 is 29.2 Å². The quantitative estimate of drug-likeness (QED) is 0.671. The zero-order valence-electron chi connectivity index (χ0n) is 4.92. The van der Waals surface area contributed by atoms with Gasteiger partial charge in [-0.25, -0.2) is 0 Å². The zero-order chi connectivity index (χ0) is 8.15. The summed E-state index contributed by atoms with van der Waals surface area (Å²) in [6.07, 6.45) is -0.311. The van der Waals surface area contributed by atoms with Crippen molar-refractivity contribution in [2.24, 2.45) is 5.92 Å². The molecule has 0 aromatic heterocycles. The molecule has 0 saturated carbocycles. The number of aliphatic carboxylic acids is 1. The van der Waals surface area contributed by atoms with Gasteiger partial charge in [0, 0.05) is 0 Å². The van der Waals surface area contributed by atoms with E-state index in [2.05, 4.69) is 0 Å². The minimum Gasteiger partial charge on any atom is -0.481 e. The van der Waals surface area contributed by atoms with E-state index in [4.69, 9.17) is 33.6 Å². The molecule has 0 saturated heterocycles. The highest BCUT2D eigenvalue weighted by molar-refractivity contribution is 6.44. The maximum atomic E-state index is 10.0. The summed E-state index contributed by atoms with van der Waals surface area (Å²) < 4.78 is 0. The van der Waals surface area contributed by atoms with Crippen molar-refractivity contribution in [3.8, 4) is 6.07 Å². The second-order valence-electron chi connectivity index (χ2n) is 1.67. The Hall–Kier alpha value is -0.460. The lowest BCUT2D eigenvalue weighted by Crippen LogP contribution is -2.12. The van der Waals surface area contributed by atoms with Crippen molar-refractivity contribution in [1.82, 2.24) is 0 Å². The summed E-state index contributed by atoms with van der Waals surface area (Å²) in [5.74, 6) is -1.89. The van der Waals surface area contributed by atoms with E-state index in [1.165, 1.54) is 0 Å². The van der Waals surface area contributed by atoms with Crippen molar-refractivity contribution < 1.29 is 9.90 Å². The van der Waals surface area contributed by atoms with Crippen LogP contribution in [0, 0.1) is 17.2 Å². The molecular weight excluding hydrogens is 177 g/mol. The molecule has 0 aliphatic heterocycles. The standard InChI is InChI=1S/C5H5Cl2NO2/c6-5(7)3(2-8)1-4(9)10/h3,5H,1H2,(H,9,10). The second-order valence-corrected chi connectivity index (χ2v) is 2.83. The number of carbonyl (C=O) groups is 1. The Morgan fingerprint density at radius 1 is 1.70 bits per heavy atom. The minimum atomic E-state index is -1.07. The summed E-state index contributed by atoms with van der Waals surface area (Å²) in [4.78, 5) is 9.08. The Bertz CT molecular complexity index is 164. The largest absolute Gasteiger partial charge is 0.481 e. The van der Waals surface area contributed by atoms with E-state index in [0.717, 1.165) is 0 Å². The summed E-state index contributed by atoms with van der Waals surface area (Å²) in [6, 6.07) is 1.69. The van der Waals surface area contributed by atoms with Gasteiger partial charge in [-0.3, -0.25) is 4.79 Å². The number of nitriles is 1. The molecule has 10 heavy (non-hydrogen) atoms. The lowest BCUT2D eigenvalue weighted by Gasteiger charge is -2.04. The maximum absolute atomic E-state index is 10.0. The van der Waals surface area contributed by atoms with E-state index in [-0.39, 0.29) is 6.42 Å². The normalized spacial score (nSPS) is 12.6. The molecule has 0 aromatic carbocycles. The topological polar surface area (TPSA) is 61.1 Å². The van der Waals surface area contributed by atoms with Crippen LogP contribution in [-0.4, -0.2) is 15.9 Å². The fourth-order valence-electron chi connectivity index (χ4n) is 0.379. The van der Waals surface area contributed by atoms with Crippen LogP contribution in [0.5, 0.6) is 0 Å². The second kappa shape index (κ2) is 4.37. The van der Waals surface area contributed by atoms with Crippen LogP contribution in [0.25, 0.3) is 0 Å². The van der Waals surface area contributed by atoms with Crippen molar-refractivity contribution in [2.45, 2.75) is 11.3 Å². The molecule has 0 amide bonds. The van der Waals surface area contributed by atoms with Gasteiger partial charge in [0.15, 0.2) is 0 Å². The highest BCUT2D eigenvalue weighted by Gasteiger charge is 2.19. The molecular formula is C5H5Cl2NO2. The van der Waals surface area contributed by atoms with Crippen molar-refractivity contribution in [2.75, 3.05) is 0 Å². The number of hydrogen-bond acceptors (Lipinski definition) is 2. The number of hydrogen-bond donors (Lipinski definition) is 1. The molecule has 0 spiro atoms. The highest BCUT2D eigenvalue weighted by Crippen LogP contribution is 2.17. The lowest BCUT2D eigenvalue weighted by molar-refractivity contribution is -0.137. The fraction of sp³-hybridized carbons (Fsp3) is 0.600. The average molecular weight is 182 g/mol. The van der Waals surface area contributed by atoms with Gasteiger partial charge in [-0.15, -0.1) is 23.2 Å². The molecule has 0 aliphatic rings. The molecule has 0 radical (unpaired) electrons. The maximum Gasteiger partial charge on any atom is 0.304 e. The Balaban J connectivity index is 3.87. The van der Waals surface area contributed by atoms with Gasteiger partial charge in [-0.05, 0) is 0 Å². The van der Waals surface area contributed by atoms with Gasteiger partial charge < -0.3 is 5.11 Å². The zero-order valence-corrected chi connectivity index (χ0v) is 6.43. The first-order valence-electron chi connectivity index (χ1n) is 2.47. The molecule has 56 valence electrons. The van der Waals surface area contributed by atoms with E-state index in [1.54, 1.807) is 6.07 Å². The van der Waals surface area contributed by atoms with Crippen LogP contribution in [0.15, 0.2) is 0 Å². The third-order valence-electron chi connectivity index (χ3n) is 0.865. The van der Waals surface area contributed by atoms with E-state index in [9.17, 15) is 4.79 Å². The van der Waals surface area contributed by atoms with Crippen LogP contribution in [0.2, 0.25) is 0 Å². The predicted octanol–water partition coefficient (Wildman–Crippen LogP) is 1.40. The number of carboxylic acid groups (broad SMARTS) is 1. The molecule has 1 atom stereocenters. The van der Waals surface area contributed by atoms with Crippen molar-refractivity contribution in [3.63, 3.8) is 0 Å². The Morgan fingerprint density at radius 2 is 2.20 bits per heavy atom. The number of nitrogens with zero attached hydrogens (tertiary/aromatic N) is 1. The van der Waals surface area contributed by atoms with E-state index < -0.39 is 16.7 Å². The minimum absolute atomic E-state index is 0.311. The summed E-state index contributed by atoms with van der Waals surface area (Å²) in [5, 5.41) is 16.5. The van der Waals surface area contributed by atoms with Crippen LogP contribution >= 0.6 is 23.2 Å². The van der Waals surface area contributed by atoms with Gasteiger partial charge in [0.2, 0.25) is 0 Å². The Kier molecular flexibility index (Phi) is 4.17. The first-order valence-corrected chi connectivity index (χ1v) is 3.34. The molecule has 0 bridgehead atoms. The first-order chi connectivity index (χ1) is 4.57. The average Bonchev–Trinajstić information content (AvgIpc) is 1.81. The summed E-state index contributed by atoms with van der Waals surface area (Å²) >= 11 is 10.5. The third kappa shape index (κ3) is 3.54. The molecule has 0 fully saturated rings. The fourth-order valence-corrected chi connectivity index (χ4v) is 0.670. The Labute approximate surface area is 68.2 Å². The van der Waals surface area contributed by atoms with E-state index in [0.29, 0.717) is 0 Å². The van der Waals surface area contributed by atoms with E-state index in [1.807, 2.05) is 0 Å². The number of alkyl halides is 2. The molecule has 5 heteroatoms. The van der Waals surface area contributed by atoms with Crippen LogP contribution in [0.3, 0.4) is 0 Å². The summed E-state index contributed by atoms with van der Waals surface area (Å²) in [6.45, 7) is 0. The lowest BCUT2D eigenvalue weighted by atomic mass is 10.1. The van der Waals surface area contributed by atoms with Gasteiger partial charge >= 0.3 is 5.97 Å². The number of rotatable bonds is 3. The predicted molar refractivity (Wildman–Crippen MR) is 36.8 cm³/mol. The monoisotopic (exact) mass is 181 g/mol. The SMILES string of the molecule is N#CC(CC(=O)O)C(Cl)Cl. The molecule has 1 unspecified atom stereocenters. The van der Waals surface area contributed by atoms with Crippen molar-refractivity contribution in [3.05, 3.63) is 0 Å². The van der Waals surface area contributed by atoms with Crippen LogP contribution < -0.4 is 0 Å². The molecule has 3 nitrogen and oxygen atoms in total. The van der Waals surface area contributed by atoms with Crippen molar-refractivity contribution in [1.29, 1.82) is 5.26 Å². The third-order valence-corrected chi connectivity index (χ3v) is 1.47. The molecule has 1 N–H and O–H groups in total. The summed E-state index contributed by atoms with van der Waals surface area (Å²) in [5.41, 5.74) is 0. The number of halogens is 2. The van der Waals surface area contributed by atoms with Crippen LogP contribution in [-0.2, 0) is 4.79 Å². The first kappa shape index (κ1) is 9.54. The summed E-state index contributed by atoms with van der Waals surface area (Å²) in [7, 11) is 0. The van der Waals surface area contributed by atoms with Crippen LogP contribution in [0.4, 0.5) is 0 Å². The molecule has 0 rings (SSSR count). The van der Waals surface area contributed by atoms with Gasteiger partial charge in [0.1, 0.15) is 4.84 Å². The smallest absolute Gasteiger partial charge is 0.304 e. The highest BCUT2D eigenvalue weighted by atomic mass is 35.5. The Morgan fingerprint density at radius 3 is 2.30 bits per heavy atom. The molecule has 0 aromatic rings. The van der Waals surface area contributed by atoms with Gasteiger partial charge in [-0.1, -0.05) is 0 Å². The molecule has 0 aliphatic carbocycles. The molecule has 0 heterocycles.